The molecule has 4 aromatic rings. The third kappa shape index (κ3) is 3.53. The van der Waals surface area contributed by atoms with E-state index in [1.54, 1.807) is 34.8 Å². The Morgan fingerprint density at radius 3 is 2.46 bits per heavy atom. The van der Waals surface area contributed by atoms with Crippen molar-refractivity contribution in [2.75, 3.05) is 0 Å². The van der Waals surface area contributed by atoms with Crippen LogP contribution in [0.2, 0.25) is 0 Å². The molecule has 0 radical (unpaired) electrons. The van der Waals surface area contributed by atoms with E-state index in [0.29, 0.717) is 6.08 Å². The van der Waals surface area contributed by atoms with Crippen molar-refractivity contribution < 1.29 is 13.2 Å². The summed E-state index contributed by atoms with van der Waals surface area (Å²) in [6.45, 7) is 2.08. The fourth-order valence-corrected chi connectivity index (χ4v) is 4.93. The summed E-state index contributed by atoms with van der Waals surface area (Å²) in [5, 5.41) is 10.2. The molecule has 0 fully saturated rings. The Balaban J connectivity index is 1.72. The van der Waals surface area contributed by atoms with Crippen molar-refractivity contribution >= 4 is 48.6 Å². The van der Waals surface area contributed by atoms with Crippen molar-refractivity contribution in [2.24, 2.45) is 5.73 Å². The first-order valence-electron chi connectivity index (χ1n) is 8.24. The number of alkyl halides is 3. The third-order valence-corrected chi connectivity index (χ3v) is 6.39. The number of allylic oxidation sites excluding steroid dienone is 2. The van der Waals surface area contributed by atoms with Gasteiger partial charge in [-0.1, -0.05) is 0 Å². The van der Waals surface area contributed by atoms with Gasteiger partial charge in [-0.05, 0) is 65.7 Å². The van der Waals surface area contributed by atoms with Crippen molar-refractivity contribution in [1.82, 2.24) is 4.98 Å². The zero-order valence-electron chi connectivity index (χ0n) is 14.6. The fraction of sp³-hybridized carbons (Fsp3) is 0.100. The molecule has 3 aromatic heterocycles. The Morgan fingerprint density at radius 1 is 1.07 bits per heavy atom. The van der Waals surface area contributed by atoms with Gasteiger partial charge in [0.1, 0.15) is 5.70 Å². The van der Waals surface area contributed by atoms with Gasteiger partial charge in [0.25, 0.3) is 0 Å². The van der Waals surface area contributed by atoms with Crippen molar-refractivity contribution in [1.29, 1.82) is 5.41 Å². The molecule has 0 saturated carbocycles. The summed E-state index contributed by atoms with van der Waals surface area (Å²) >= 11 is 3.34. The Labute approximate surface area is 166 Å². The van der Waals surface area contributed by atoms with Crippen LogP contribution >= 0.6 is 22.7 Å². The number of thiophene rings is 2. The molecule has 3 heterocycles. The van der Waals surface area contributed by atoms with Gasteiger partial charge >= 0.3 is 6.18 Å². The van der Waals surface area contributed by atoms with Gasteiger partial charge in [0.05, 0.1) is 11.4 Å². The van der Waals surface area contributed by atoms with Gasteiger partial charge in [0.2, 0.25) is 0 Å². The Hall–Kier alpha value is -2.71. The highest BCUT2D eigenvalue weighted by molar-refractivity contribution is 7.23. The number of aromatic nitrogens is 1. The van der Waals surface area contributed by atoms with Crippen LogP contribution in [0.5, 0.6) is 0 Å². The summed E-state index contributed by atoms with van der Waals surface area (Å²) in [6.07, 6.45) is -2.59. The highest BCUT2D eigenvalue weighted by Crippen LogP contribution is 2.38. The molecule has 0 saturated heterocycles. The lowest BCUT2D eigenvalue weighted by atomic mass is 10.1. The van der Waals surface area contributed by atoms with Gasteiger partial charge in [-0.25, -0.2) is 0 Å². The lowest BCUT2D eigenvalue weighted by Gasteiger charge is -2.07. The number of hydrogen-bond donors (Lipinski definition) is 2. The molecular weight excluding hydrogens is 403 g/mol. The second-order valence-electron chi connectivity index (χ2n) is 6.34. The number of fused-ring (bicyclic) bond motifs is 2. The van der Waals surface area contributed by atoms with Crippen LogP contribution in [0.3, 0.4) is 0 Å². The maximum absolute atomic E-state index is 12.6. The standard InChI is InChI=1S/C20H14F3N3S2/c1-10-4-12-6-18-13(8-17(12)27-10)7-16(28-18)11-2-3-26-15(5-11)14(24)9-19(25)20(21,22)23/h2-9,24H,25H2,1H3. The second kappa shape index (κ2) is 6.72. The Kier molecular flexibility index (Phi) is 4.47. The van der Waals surface area contributed by atoms with Gasteiger partial charge < -0.3 is 5.73 Å². The highest BCUT2D eigenvalue weighted by atomic mass is 32.1. The molecule has 0 aliphatic rings. The van der Waals surface area contributed by atoms with E-state index in [1.807, 2.05) is 0 Å². The number of nitrogens with two attached hydrogens (primary N) is 1. The van der Waals surface area contributed by atoms with E-state index in [9.17, 15) is 13.2 Å². The number of pyridine rings is 1. The van der Waals surface area contributed by atoms with Crippen LogP contribution in [0.15, 0.2) is 54.4 Å². The van der Waals surface area contributed by atoms with E-state index < -0.39 is 11.9 Å². The molecule has 3 N–H and O–H groups in total. The average molecular weight is 417 g/mol. The van der Waals surface area contributed by atoms with Crippen LogP contribution in [0.4, 0.5) is 13.2 Å². The van der Waals surface area contributed by atoms with Crippen LogP contribution < -0.4 is 5.73 Å². The Bertz CT molecular complexity index is 1200. The molecule has 0 aliphatic carbocycles. The monoisotopic (exact) mass is 417 g/mol. The predicted octanol–water partition coefficient (Wildman–Crippen LogP) is 6.26. The molecule has 8 heteroatoms. The molecule has 0 aliphatic heterocycles. The molecule has 142 valence electrons. The first-order chi connectivity index (χ1) is 13.2. The molecule has 0 atom stereocenters. The Morgan fingerprint density at radius 2 is 1.75 bits per heavy atom. The molecule has 0 amide bonds. The predicted molar refractivity (Wildman–Crippen MR) is 110 cm³/mol. The first-order valence-corrected chi connectivity index (χ1v) is 9.87. The summed E-state index contributed by atoms with van der Waals surface area (Å²) in [7, 11) is 0. The highest BCUT2D eigenvalue weighted by Gasteiger charge is 2.31. The number of rotatable bonds is 3. The van der Waals surface area contributed by atoms with E-state index in [2.05, 4.69) is 36.2 Å². The zero-order valence-corrected chi connectivity index (χ0v) is 16.2. The normalized spacial score (nSPS) is 12.8. The molecule has 1 aromatic carbocycles. The fourth-order valence-electron chi connectivity index (χ4n) is 2.89. The number of nitrogens with one attached hydrogen (secondary N) is 1. The van der Waals surface area contributed by atoms with Gasteiger partial charge in [-0.3, -0.25) is 10.4 Å². The molecule has 0 unspecified atom stereocenters. The summed E-state index contributed by atoms with van der Waals surface area (Å²) in [4.78, 5) is 6.24. The van der Waals surface area contributed by atoms with Crippen LogP contribution in [0, 0.1) is 12.3 Å². The molecule has 28 heavy (non-hydrogen) atoms. The number of benzene rings is 1. The first kappa shape index (κ1) is 18.6. The number of aryl methyl sites for hydroxylation is 1. The summed E-state index contributed by atoms with van der Waals surface area (Å²) < 4.78 is 40.1. The summed E-state index contributed by atoms with van der Waals surface area (Å²) in [5.74, 6) is 0. The second-order valence-corrected chi connectivity index (χ2v) is 8.71. The molecular formula is C20H14F3N3S2. The molecule has 3 nitrogen and oxygen atoms in total. The minimum absolute atomic E-state index is 0.138. The summed E-state index contributed by atoms with van der Waals surface area (Å²) in [6, 6.07) is 11.9. The molecule has 0 spiro atoms. The van der Waals surface area contributed by atoms with E-state index in [1.165, 1.54) is 21.2 Å². The maximum Gasteiger partial charge on any atom is 0.430 e. The molecule has 0 bridgehead atoms. The SMILES string of the molecule is Cc1cc2cc3sc(-c4ccnc(C(=N)C=C(N)C(F)(F)F)c4)cc3cc2s1. The van der Waals surface area contributed by atoms with Crippen molar-refractivity contribution in [3.63, 3.8) is 0 Å². The molecule has 4 rings (SSSR count). The van der Waals surface area contributed by atoms with Gasteiger partial charge in [0.15, 0.2) is 0 Å². The average Bonchev–Trinajstić information content (AvgIpc) is 3.20. The lowest BCUT2D eigenvalue weighted by molar-refractivity contribution is -0.0925. The minimum Gasteiger partial charge on any atom is -0.395 e. The van der Waals surface area contributed by atoms with E-state index in [0.717, 1.165) is 20.5 Å². The van der Waals surface area contributed by atoms with Gasteiger partial charge in [-0.2, -0.15) is 13.2 Å². The van der Waals surface area contributed by atoms with Gasteiger partial charge in [0, 0.05) is 25.4 Å². The van der Waals surface area contributed by atoms with E-state index in [4.69, 9.17) is 11.1 Å². The number of hydrogen-bond acceptors (Lipinski definition) is 5. The van der Waals surface area contributed by atoms with Crippen molar-refractivity contribution in [2.45, 2.75) is 13.1 Å². The number of halogens is 3. The van der Waals surface area contributed by atoms with Crippen molar-refractivity contribution in [3.05, 3.63) is 64.9 Å². The lowest BCUT2D eigenvalue weighted by Crippen LogP contribution is -2.20. The zero-order chi connectivity index (χ0) is 20.1. The number of nitrogens with zero attached hydrogens (tertiary/aromatic N) is 1. The quantitative estimate of drug-likeness (QED) is 0.387. The summed E-state index contributed by atoms with van der Waals surface area (Å²) in [5.41, 5.74) is 4.25. The van der Waals surface area contributed by atoms with Crippen molar-refractivity contribution in [3.8, 4) is 10.4 Å². The minimum atomic E-state index is -4.67. The smallest absolute Gasteiger partial charge is 0.395 e. The van der Waals surface area contributed by atoms with Crippen LogP contribution in [0.25, 0.3) is 30.6 Å². The van der Waals surface area contributed by atoms with Gasteiger partial charge in [-0.15, -0.1) is 22.7 Å². The van der Waals surface area contributed by atoms with E-state index in [-0.39, 0.29) is 11.4 Å². The van der Waals surface area contributed by atoms with Crippen LogP contribution in [-0.2, 0) is 0 Å². The topological polar surface area (TPSA) is 62.8 Å². The van der Waals surface area contributed by atoms with E-state index >= 15 is 0 Å². The maximum atomic E-state index is 12.6. The van der Waals surface area contributed by atoms with Crippen LogP contribution in [-0.4, -0.2) is 16.9 Å². The largest absolute Gasteiger partial charge is 0.430 e. The van der Waals surface area contributed by atoms with Crippen LogP contribution in [0.1, 0.15) is 10.6 Å². The third-order valence-electron chi connectivity index (χ3n) is 4.23.